The summed E-state index contributed by atoms with van der Waals surface area (Å²) in [6.07, 6.45) is 4.15. The molecule has 7 nitrogen and oxygen atoms in total. The molecule has 2 aromatic rings. The van der Waals surface area contributed by atoms with Crippen LogP contribution in [-0.2, 0) is 27.1 Å². The predicted molar refractivity (Wildman–Crippen MR) is 108 cm³/mol. The molecule has 2 heterocycles. The molecule has 0 radical (unpaired) electrons. The van der Waals surface area contributed by atoms with E-state index in [1.54, 1.807) is 7.05 Å². The fraction of sp³-hybridized carbons (Fsp3) is 0.722. The topological polar surface area (TPSA) is 65.1 Å². The van der Waals surface area contributed by atoms with Crippen LogP contribution in [0.4, 0.5) is 0 Å². The van der Waals surface area contributed by atoms with Gasteiger partial charge in [0.15, 0.2) is 11.2 Å². The van der Waals surface area contributed by atoms with Crippen LogP contribution in [0.2, 0.25) is 0 Å². The Morgan fingerprint density at radius 1 is 1.00 bits per heavy atom. The average Bonchev–Trinajstić information content (AvgIpc) is 2.98. The highest BCUT2D eigenvalue weighted by Crippen LogP contribution is 2.14. The zero-order valence-corrected chi connectivity index (χ0v) is 17.4. The van der Waals surface area contributed by atoms with Crippen molar-refractivity contribution in [2.75, 3.05) is 19.6 Å². The van der Waals surface area contributed by atoms with Crippen molar-refractivity contribution < 1.29 is 0 Å². The lowest BCUT2D eigenvalue weighted by Gasteiger charge is -2.19. The van der Waals surface area contributed by atoms with Gasteiger partial charge in [-0.25, -0.2) is 9.78 Å². The maximum atomic E-state index is 12.7. The van der Waals surface area contributed by atoms with Gasteiger partial charge in [0.1, 0.15) is 5.82 Å². The van der Waals surface area contributed by atoms with Crippen LogP contribution in [0.25, 0.3) is 11.2 Å². The van der Waals surface area contributed by atoms with Gasteiger partial charge in [0, 0.05) is 33.6 Å². The Morgan fingerprint density at radius 2 is 1.65 bits per heavy atom. The molecule has 0 atom stereocenters. The molecule has 2 aromatic heterocycles. The largest absolute Gasteiger partial charge is 0.332 e. The number of unbranched alkanes of at least 4 members (excludes halogenated alkanes) is 2. The summed E-state index contributed by atoms with van der Waals surface area (Å²) in [5.74, 6) is 0.911. The van der Waals surface area contributed by atoms with Crippen molar-refractivity contribution in [2.45, 2.75) is 53.0 Å². The highest BCUT2D eigenvalue weighted by atomic mass is 35.5. The number of hydrogen-bond donors (Lipinski definition) is 0. The van der Waals surface area contributed by atoms with Gasteiger partial charge in [0.05, 0.1) is 0 Å². The Bertz CT molecular complexity index is 833. The molecule has 0 fully saturated rings. The highest BCUT2D eigenvalue weighted by molar-refractivity contribution is 5.85. The number of hydrogen-bond acceptors (Lipinski definition) is 4. The molecule has 8 heteroatoms. The van der Waals surface area contributed by atoms with Crippen molar-refractivity contribution in [1.82, 2.24) is 23.6 Å². The van der Waals surface area contributed by atoms with Crippen molar-refractivity contribution in [3.05, 3.63) is 26.7 Å². The normalized spacial score (nSPS) is 11.3. The van der Waals surface area contributed by atoms with E-state index in [-0.39, 0.29) is 23.7 Å². The Balaban J connectivity index is 0.00000338. The second kappa shape index (κ2) is 9.92. The molecule has 0 aliphatic rings. The number of imidazole rings is 1. The molecule has 0 N–H and O–H groups in total. The molecule has 0 aromatic carbocycles. The lowest BCUT2D eigenvalue weighted by molar-refractivity contribution is 0.290. The van der Waals surface area contributed by atoms with E-state index in [1.165, 1.54) is 16.2 Å². The Morgan fingerprint density at radius 3 is 2.23 bits per heavy atom. The first-order valence-electron chi connectivity index (χ1n) is 9.33. The standard InChI is InChI=1S/C18H31N5O2.ClH/c1-6-9-10-11-14-19-16-15(17(24)21(5)18(25)20(16)4)23(14)13-12-22(7-2)8-3;/h6-13H2,1-5H3;1H. The van der Waals surface area contributed by atoms with Gasteiger partial charge < -0.3 is 9.47 Å². The first-order valence-corrected chi connectivity index (χ1v) is 9.33. The van der Waals surface area contributed by atoms with Crippen molar-refractivity contribution in [3.8, 4) is 0 Å². The van der Waals surface area contributed by atoms with Crippen LogP contribution >= 0.6 is 12.4 Å². The average molecular weight is 386 g/mol. The van der Waals surface area contributed by atoms with Gasteiger partial charge in [0.25, 0.3) is 5.56 Å². The van der Waals surface area contributed by atoms with Crippen LogP contribution in [-0.4, -0.2) is 43.2 Å². The molecule has 148 valence electrons. The summed E-state index contributed by atoms with van der Waals surface area (Å²) >= 11 is 0. The maximum Gasteiger partial charge on any atom is 0.332 e. The van der Waals surface area contributed by atoms with Crippen LogP contribution in [0.3, 0.4) is 0 Å². The molecular weight excluding hydrogens is 354 g/mol. The fourth-order valence-electron chi connectivity index (χ4n) is 3.24. The lowest BCUT2D eigenvalue weighted by atomic mass is 10.2. The molecule has 0 aliphatic heterocycles. The summed E-state index contributed by atoms with van der Waals surface area (Å²) in [6, 6.07) is 0. The van der Waals surface area contributed by atoms with Gasteiger partial charge in [-0.15, -0.1) is 12.4 Å². The maximum absolute atomic E-state index is 12.7. The van der Waals surface area contributed by atoms with Crippen LogP contribution in [0.15, 0.2) is 9.59 Å². The molecule has 2 rings (SSSR count). The quantitative estimate of drug-likeness (QED) is 0.618. The number of fused-ring (bicyclic) bond motifs is 1. The number of rotatable bonds is 9. The lowest BCUT2D eigenvalue weighted by Crippen LogP contribution is -2.38. The Labute approximate surface area is 161 Å². The predicted octanol–water partition coefficient (Wildman–Crippen LogP) is 1.93. The van der Waals surface area contributed by atoms with E-state index in [0.29, 0.717) is 17.7 Å². The van der Waals surface area contributed by atoms with E-state index >= 15 is 0 Å². The zero-order chi connectivity index (χ0) is 18.6. The zero-order valence-electron chi connectivity index (χ0n) is 16.6. The van der Waals surface area contributed by atoms with Crippen molar-refractivity contribution >= 4 is 23.6 Å². The monoisotopic (exact) mass is 385 g/mol. The number of likely N-dealkylation sites (N-methyl/N-ethyl adjacent to an activating group) is 1. The summed E-state index contributed by atoms with van der Waals surface area (Å²) in [5.41, 5.74) is 0.459. The van der Waals surface area contributed by atoms with E-state index in [4.69, 9.17) is 0 Å². The number of aryl methyl sites for hydroxylation is 2. The first kappa shape index (κ1) is 22.4. The molecular formula is C18H32ClN5O2. The van der Waals surface area contributed by atoms with Crippen LogP contribution in [0.5, 0.6) is 0 Å². The van der Waals surface area contributed by atoms with Crippen LogP contribution < -0.4 is 11.2 Å². The third-order valence-electron chi connectivity index (χ3n) is 4.97. The molecule has 0 aliphatic carbocycles. The molecule has 0 bridgehead atoms. The van der Waals surface area contributed by atoms with Gasteiger partial charge in [-0.3, -0.25) is 13.9 Å². The number of nitrogens with zero attached hydrogens (tertiary/aromatic N) is 5. The summed E-state index contributed by atoms with van der Waals surface area (Å²) < 4.78 is 4.69. The number of halogens is 1. The van der Waals surface area contributed by atoms with E-state index < -0.39 is 0 Å². The third kappa shape index (κ3) is 4.38. The SMILES string of the molecule is CCCCCc1nc2c(c(=O)n(C)c(=O)n2C)n1CCN(CC)CC.Cl. The summed E-state index contributed by atoms with van der Waals surface area (Å²) in [5, 5.41) is 0. The number of aromatic nitrogens is 4. The molecule has 0 saturated carbocycles. The smallest absolute Gasteiger partial charge is 0.321 e. The van der Waals surface area contributed by atoms with Crippen molar-refractivity contribution in [1.29, 1.82) is 0 Å². The fourth-order valence-corrected chi connectivity index (χ4v) is 3.24. The van der Waals surface area contributed by atoms with Crippen LogP contribution in [0, 0.1) is 0 Å². The minimum atomic E-state index is -0.328. The second-order valence-corrected chi connectivity index (χ2v) is 6.54. The minimum Gasteiger partial charge on any atom is -0.321 e. The summed E-state index contributed by atoms with van der Waals surface area (Å²) in [6.45, 7) is 9.98. The Kier molecular flexibility index (Phi) is 8.56. The summed E-state index contributed by atoms with van der Waals surface area (Å²) in [4.78, 5) is 31.9. The molecule has 0 spiro atoms. The van der Waals surface area contributed by atoms with E-state index in [2.05, 4.69) is 30.7 Å². The van der Waals surface area contributed by atoms with E-state index in [9.17, 15) is 9.59 Å². The second-order valence-electron chi connectivity index (χ2n) is 6.54. The van der Waals surface area contributed by atoms with Crippen LogP contribution in [0.1, 0.15) is 45.9 Å². The molecule has 0 unspecified atom stereocenters. The van der Waals surface area contributed by atoms with Gasteiger partial charge in [-0.05, 0) is 19.5 Å². The molecule has 0 amide bonds. The van der Waals surface area contributed by atoms with Crippen molar-refractivity contribution in [2.24, 2.45) is 14.1 Å². The third-order valence-corrected chi connectivity index (χ3v) is 4.97. The highest BCUT2D eigenvalue weighted by Gasteiger charge is 2.19. The van der Waals surface area contributed by atoms with Gasteiger partial charge >= 0.3 is 5.69 Å². The van der Waals surface area contributed by atoms with Gasteiger partial charge in [0.2, 0.25) is 0 Å². The molecule has 26 heavy (non-hydrogen) atoms. The van der Waals surface area contributed by atoms with E-state index in [0.717, 1.165) is 51.1 Å². The summed E-state index contributed by atoms with van der Waals surface area (Å²) in [7, 11) is 3.21. The van der Waals surface area contributed by atoms with E-state index in [1.807, 2.05) is 4.57 Å². The first-order chi connectivity index (χ1) is 12.0. The molecule has 0 saturated heterocycles. The van der Waals surface area contributed by atoms with Gasteiger partial charge in [-0.2, -0.15) is 0 Å². The van der Waals surface area contributed by atoms with Crippen molar-refractivity contribution in [3.63, 3.8) is 0 Å². The minimum absolute atomic E-state index is 0. The Hall–Kier alpha value is -1.60. The van der Waals surface area contributed by atoms with Gasteiger partial charge in [-0.1, -0.05) is 33.6 Å².